The Morgan fingerprint density at radius 1 is 1.12 bits per heavy atom. The Morgan fingerprint density at radius 3 is 2.64 bits per heavy atom. The van der Waals surface area contributed by atoms with Crippen LogP contribution in [0.15, 0.2) is 0 Å². The number of hydrogen-bond acceptors (Lipinski definition) is 5. The van der Waals surface area contributed by atoms with Gasteiger partial charge in [-0.1, -0.05) is 38.0 Å². The van der Waals surface area contributed by atoms with E-state index >= 15 is 0 Å². The number of carbonyl (C=O) groups excluding carboxylic acids is 2. The van der Waals surface area contributed by atoms with E-state index in [0.717, 1.165) is 45.3 Å². The van der Waals surface area contributed by atoms with Crippen molar-refractivity contribution >= 4 is 12.1 Å². The monoisotopic (exact) mass is 350 g/mol. The Balaban J connectivity index is 1.61. The number of amides is 1. The SMILES string of the molecule is CCCCCCOC(=O)O[C@@H]1CCN(CC#CCN2CCCC2)C1=O. The third-order valence-electron chi connectivity index (χ3n) is 4.60. The van der Waals surface area contributed by atoms with Crippen molar-refractivity contribution in [2.45, 2.75) is 58.0 Å². The minimum absolute atomic E-state index is 0.168. The van der Waals surface area contributed by atoms with Crippen molar-refractivity contribution in [2.24, 2.45) is 0 Å². The van der Waals surface area contributed by atoms with Gasteiger partial charge in [-0.05, 0) is 32.4 Å². The molecule has 0 spiro atoms. The zero-order chi connectivity index (χ0) is 17.9. The molecule has 0 radical (unpaired) electrons. The zero-order valence-corrected chi connectivity index (χ0v) is 15.3. The van der Waals surface area contributed by atoms with Gasteiger partial charge >= 0.3 is 6.16 Å². The normalized spacial score (nSPS) is 20.4. The molecule has 0 N–H and O–H groups in total. The van der Waals surface area contributed by atoms with Crippen LogP contribution in [0, 0.1) is 11.8 Å². The molecular formula is C19H30N2O4. The molecule has 2 aliphatic rings. The topological polar surface area (TPSA) is 59.1 Å². The van der Waals surface area contributed by atoms with E-state index in [0.29, 0.717) is 26.1 Å². The van der Waals surface area contributed by atoms with Crippen LogP contribution >= 0.6 is 0 Å². The average Bonchev–Trinajstić information content (AvgIpc) is 3.23. The van der Waals surface area contributed by atoms with Gasteiger partial charge in [0, 0.05) is 13.0 Å². The molecule has 6 nitrogen and oxygen atoms in total. The van der Waals surface area contributed by atoms with E-state index in [-0.39, 0.29) is 5.91 Å². The Hall–Kier alpha value is -1.74. The van der Waals surface area contributed by atoms with E-state index < -0.39 is 12.3 Å². The van der Waals surface area contributed by atoms with Crippen LogP contribution in [0.4, 0.5) is 4.79 Å². The van der Waals surface area contributed by atoms with E-state index in [4.69, 9.17) is 9.47 Å². The summed E-state index contributed by atoms with van der Waals surface area (Å²) in [6.45, 7) is 6.47. The van der Waals surface area contributed by atoms with Gasteiger partial charge in [-0.25, -0.2) is 4.79 Å². The number of carbonyl (C=O) groups is 2. The fourth-order valence-electron chi connectivity index (χ4n) is 3.07. The van der Waals surface area contributed by atoms with Gasteiger partial charge in [0.25, 0.3) is 5.91 Å². The third-order valence-corrected chi connectivity index (χ3v) is 4.60. The molecule has 0 aromatic rings. The van der Waals surface area contributed by atoms with Crippen molar-refractivity contribution < 1.29 is 19.1 Å². The molecule has 0 aromatic heterocycles. The molecule has 140 valence electrons. The van der Waals surface area contributed by atoms with Gasteiger partial charge in [-0.2, -0.15) is 0 Å². The lowest BCUT2D eigenvalue weighted by molar-refractivity contribution is -0.135. The maximum absolute atomic E-state index is 12.2. The van der Waals surface area contributed by atoms with Gasteiger partial charge in [0.1, 0.15) is 0 Å². The van der Waals surface area contributed by atoms with Crippen LogP contribution in [-0.2, 0) is 14.3 Å². The highest BCUT2D eigenvalue weighted by atomic mass is 16.7. The first-order valence-corrected chi connectivity index (χ1v) is 9.51. The smallest absolute Gasteiger partial charge is 0.434 e. The number of nitrogens with zero attached hydrogens (tertiary/aromatic N) is 2. The lowest BCUT2D eigenvalue weighted by Crippen LogP contribution is -2.32. The number of ether oxygens (including phenoxy) is 2. The highest BCUT2D eigenvalue weighted by molar-refractivity contribution is 5.85. The van der Waals surface area contributed by atoms with Crippen LogP contribution in [0.3, 0.4) is 0 Å². The van der Waals surface area contributed by atoms with Gasteiger partial charge in [0.05, 0.1) is 19.7 Å². The Kier molecular flexibility index (Phi) is 8.61. The first kappa shape index (κ1) is 19.6. The maximum atomic E-state index is 12.2. The summed E-state index contributed by atoms with van der Waals surface area (Å²) in [4.78, 5) is 27.8. The molecule has 0 aromatic carbocycles. The van der Waals surface area contributed by atoms with Crippen molar-refractivity contribution in [3.8, 4) is 11.8 Å². The Labute approximate surface area is 150 Å². The van der Waals surface area contributed by atoms with E-state index in [1.807, 2.05) is 0 Å². The molecule has 2 heterocycles. The Bertz CT molecular complexity index is 491. The second kappa shape index (κ2) is 11.0. The molecule has 2 saturated heterocycles. The molecule has 2 rings (SSSR count). The van der Waals surface area contributed by atoms with E-state index in [1.165, 1.54) is 12.8 Å². The molecular weight excluding hydrogens is 320 g/mol. The van der Waals surface area contributed by atoms with Crippen LogP contribution in [0.5, 0.6) is 0 Å². The fourth-order valence-corrected chi connectivity index (χ4v) is 3.07. The number of likely N-dealkylation sites (tertiary alicyclic amines) is 2. The second-order valence-corrected chi connectivity index (χ2v) is 6.65. The predicted molar refractivity (Wildman–Crippen MR) is 95.0 cm³/mol. The van der Waals surface area contributed by atoms with Crippen molar-refractivity contribution in [3.63, 3.8) is 0 Å². The fraction of sp³-hybridized carbons (Fsp3) is 0.789. The van der Waals surface area contributed by atoms with Crippen LogP contribution in [0.1, 0.15) is 51.9 Å². The molecule has 0 bridgehead atoms. The molecule has 6 heteroatoms. The maximum Gasteiger partial charge on any atom is 0.509 e. The zero-order valence-electron chi connectivity index (χ0n) is 15.3. The van der Waals surface area contributed by atoms with Crippen LogP contribution in [0.2, 0.25) is 0 Å². The first-order chi connectivity index (χ1) is 12.2. The summed E-state index contributed by atoms with van der Waals surface area (Å²) < 4.78 is 10.2. The quantitative estimate of drug-likeness (QED) is 0.382. The standard InChI is InChI=1S/C19H30N2O4/c1-2-3-4-9-16-24-19(23)25-17-10-15-21(18(17)22)14-8-7-13-20-11-5-6-12-20/h17H,2-6,9-16H2,1H3/t17-/m1/s1. The van der Waals surface area contributed by atoms with E-state index in [1.54, 1.807) is 4.90 Å². The summed E-state index contributed by atoms with van der Waals surface area (Å²) in [7, 11) is 0. The molecule has 25 heavy (non-hydrogen) atoms. The second-order valence-electron chi connectivity index (χ2n) is 6.65. The summed E-state index contributed by atoms with van der Waals surface area (Å²) in [5.74, 6) is 6.01. The van der Waals surface area contributed by atoms with Crippen molar-refractivity contribution in [3.05, 3.63) is 0 Å². The summed E-state index contributed by atoms with van der Waals surface area (Å²) in [5, 5.41) is 0. The lowest BCUT2D eigenvalue weighted by Gasteiger charge is -2.14. The summed E-state index contributed by atoms with van der Waals surface area (Å²) in [5.41, 5.74) is 0. The van der Waals surface area contributed by atoms with Crippen LogP contribution < -0.4 is 0 Å². The van der Waals surface area contributed by atoms with Crippen molar-refractivity contribution in [1.82, 2.24) is 9.80 Å². The molecule has 2 aliphatic heterocycles. The largest absolute Gasteiger partial charge is 0.509 e. The first-order valence-electron chi connectivity index (χ1n) is 9.51. The van der Waals surface area contributed by atoms with Crippen molar-refractivity contribution in [2.75, 3.05) is 39.3 Å². The van der Waals surface area contributed by atoms with Crippen LogP contribution in [-0.4, -0.2) is 67.3 Å². The number of hydrogen-bond donors (Lipinski definition) is 0. The van der Waals surface area contributed by atoms with Gasteiger partial charge in [0.15, 0.2) is 6.10 Å². The molecule has 0 aliphatic carbocycles. The Morgan fingerprint density at radius 2 is 1.88 bits per heavy atom. The lowest BCUT2D eigenvalue weighted by atomic mass is 10.2. The summed E-state index contributed by atoms with van der Waals surface area (Å²) in [6, 6.07) is 0. The molecule has 2 fully saturated rings. The molecule has 1 amide bonds. The van der Waals surface area contributed by atoms with Gasteiger partial charge < -0.3 is 14.4 Å². The summed E-state index contributed by atoms with van der Waals surface area (Å²) >= 11 is 0. The number of rotatable bonds is 8. The van der Waals surface area contributed by atoms with Crippen LogP contribution in [0.25, 0.3) is 0 Å². The van der Waals surface area contributed by atoms with E-state index in [9.17, 15) is 9.59 Å². The predicted octanol–water partition coefficient (Wildman–Crippen LogP) is 2.42. The molecule has 0 saturated carbocycles. The highest BCUT2D eigenvalue weighted by Crippen LogP contribution is 2.15. The number of unbranched alkanes of at least 4 members (excludes halogenated alkanes) is 3. The molecule has 1 atom stereocenters. The van der Waals surface area contributed by atoms with Crippen molar-refractivity contribution in [1.29, 1.82) is 0 Å². The minimum Gasteiger partial charge on any atom is -0.434 e. The summed E-state index contributed by atoms with van der Waals surface area (Å²) in [6.07, 6.45) is 5.69. The average molecular weight is 350 g/mol. The van der Waals surface area contributed by atoms with Gasteiger partial charge in [-0.15, -0.1) is 0 Å². The van der Waals surface area contributed by atoms with E-state index in [2.05, 4.69) is 23.7 Å². The minimum atomic E-state index is -0.739. The highest BCUT2D eigenvalue weighted by Gasteiger charge is 2.34. The van der Waals surface area contributed by atoms with Gasteiger partial charge in [-0.3, -0.25) is 9.69 Å². The molecule has 0 unspecified atom stereocenters. The third kappa shape index (κ3) is 6.95. The van der Waals surface area contributed by atoms with Gasteiger partial charge in [0.2, 0.25) is 0 Å².